The lowest BCUT2D eigenvalue weighted by Crippen LogP contribution is -2.54. The second-order valence-electron chi connectivity index (χ2n) is 12.1. The van der Waals surface area contributed by atoms with E-state index in [1.165, 1.54) is 12.4 Å². The number of carbonyl (C=O) groups is 3. The maximum Gasteiger partial charge on any atom is 0.480 e. The largest absolute Gasteiger partial charge is 0.480 e. The highest BCUT2D eigenvalue weighted by atomic mass is 31.2. The fraction of sp³-hybridized carbons (Fsp3) is 0.552. The van der Waals surface area contributed by atoms with Crippen molar-refractivity contribution in [2.24, 2.45) is 21.8 Å². The highest BCUT2D eigenvalue weighted by molar-refractivity contribution is 7.72. The van der Waals surface area contributed by atoms with E-state index in [0.29, 0.717) is 25.9 Å². The van der Waals surface area contributed by atoms with Crippen LogP contribution in [0.5, 0.6) is 0 Å². The summed E-state index contributed by atoms with van der Waals surface area (Å²) in [6.07, 6.45) is 4.45. The Morgan fingerprint density at radius 3 is 2.24 bits per heavy atom. The molecule has 1 aromatic carbocycles. The van der Waals surface area contributed by atoms with Gasteiger partial charge in [-0.05, 0) is 24.3 Å². The van der Waals surface area contributed by atoms with E-state index >= 15 is 0 Å². The lowest BCUT2D eigenvalue weighted by Gasteiger charge is -2.32. The van der Waals surface area contributed by atoms with Gasteiger partial charge >= 0.3 is 22.3 Å². The van der Waals surface area contributed by atoms with Crippen LogP contribution < -0.4 is 10.6 Å². The molecule has 49 heavy (non-hydrogen) atoms. The zero-order valence-corrected chi connectivity index (χ0v) is 29.0. The van der Waals surface area contributed by atoms with Crippen LogP contribution in [0.2, 0.25) is 0 Å². The highest BCUT2D eigenvalue weighted by Crippen LogP contribution is 2.68. The third-order valence-electron chi connectivity index (χ3n) is 7.77. The number of nitrogens with one attached hydrogen (secondary N) is 2. The van der Waals surface area contributed by atoms with E-state index in [9.17, 15) is 48.2 Å². The molecule has 2 atom stereocenters. The van der Waals surface area contributed by atoms with Crippen LogP contribution in [0.3, 0.4) is 0 Å². The Bertz CT molecular complexity index is 1450. The van der Waals surface area contributed by atoms with Crippen molar-refractivity contribution >= 4 is 51.8 Å². The van der Waals surface area contributed by atoms with E-state index in [1.807, 2.05) is 49.1 Å². The summed E-state index contributed by atoms with van der Waals surface area (Å²) >= 11 is 0. The van der Waals surface area contributed by atoms with Gasteiger partial charge in [-0.1, -0.05) is 44.2 Å². The Morgan fingerprint density at radius 1 is 1.06 bits per heavy atom. The Hall–Kier alpha value is -2.98. The van der Waals surface area contributed by atoms with E-state index in [-0.39, 0.29) is 56.0 Å². The average Bonchev–Trinajstić information content (AvgIpc) is 3.01. The van der Waals surface area contributed by atoms with E-state index in [0.717, 1.165) is 5.56 Å². The van der Waals surface area contributed by atoms with Crippen LogP contribution in [0.25, 0.3) is 0 Å². The maximum absolute atomic E-state index is 13.8. The van der Waals surface area contributed by atoms with E-state index in [2.05, 4.69) is 26.8 Å². The van der Waals surface area contributed by atoms with Crippen molar-refractivity contribution in [1.82, 2.24) is 15.5 Å². The van der Waals surface area contributed by atoms with Gasteiger partial charge in [0.15, 0.2) is 6.20 Å². The molecule has 2 aliphatic rings. The molecule has 7 N–H and O–H groups in total. The molecule has 1 saturated heterocycles. The van der Waals surface area contributed by atoms with Crippen molar-refractivity contribution in [2.75, 3.05) is 39.4 Å². The van der Waals surface area contributed by atoms with Gasteiger partial charge in [-0.25, -0.2) is 4.99 Å². The van der Waals surface area contributed by atoms with Crippen molar-refractivity contribution in [2.45, 2.75) is 50.6 Å². The van der Waals surface area contributed by atoms with Crippen molar-refractivity contribution in [1.29, 1.82) is 0 Å². The van der Waals surface area contributed by atoms with Crippen LogP contribution in [0.1, 0.15) is 38.7 Å². The number of aliphatic imine (C=N–C) groups is 2. The summed E-state index contributed by atoms with van der Waals surface area (Å²) < 4.78 is 35.1. The topological polar surface area (TPSA) is 257 Å². The predicted molar refractivity (Wildman–Crippen MR) is 179 cm³/mol. The molecule has 1 aromatic rings. The molecule has 0 bridgehead atoms. The Kier molecular flexibility index (Phi) is 15.1. The number of aliphatic hydroxyl groups is 1. The van der Waals surface area contributed by atoms with Crippen molar-refractivity contribution in [3.8, 4) is 0 Å². The summed E-state index contributed by atoms with van der Waals surface area (Å²) in [5.41, 5.74) is 1.00. The minimum atomic E-state index is -5.76. The van der Waals surface area contributed by atoms with E-state index in [1.54, 1.807) is 0 Å². The van der Waals surface area contributed by atoms with Gasteiger partial charge in [-0.3, -0.25) is 28.4 Å². The van der Waals surface area contributed by atoms with Crippen molar-refractivity contribution < 1.29 is 57.5 Å². The van der Waals surface area contributed by atoms with Crippen LogP contribution in [0.15, 0.2) is 46.5 Å². The number of hydrogen-bond acceptors (Lipinski definition) is 11. The number of amides is 2. The second kappa shape index (κ2) is 18.3. The first-order valence-electron chi connectivity index (χ1n) is 15.6. The van der Waals surface area contributed by atoms with Gasteiger partial charge in [0.05, 0.1) is 18.3 Å². The standard InChI is InChI=1S/C29H42BN5O12P2/c1-21(2)16-26(34-28(38)23(17-22-6-4-3-5-7-22)18-25(36)24-20-31-8-9-32-24)30-46-14-12-35(13-15-47-30)11-10-33-27(37)19-29(39,48(40,41)42)49(43,44)45/h3-8,20-21,23,26,39H,10-19H2,1-2H3,(H5-,33,34,37,38,40,41,42,43,44,45)/p+1/t23-,26+/m0/s1. The first kappa shape index (κ1) is 40.5. The molecular formula is C29H43BN5O12P2+. The lowest BCUT2D eigenvalue weighted by atomic mass is 9.73. The maximum atomic E-state index is 13.8. The number of rotatable bonds is 17. The average molecular weight is 726 g/mol. The molecule has 0 aromatic heterocycles. The zero-order chi connectivity index (χ0) is 36.2. The third kappa shape index (κ3) is 12.4. The normalized spacial score (nSPS) is 17.4. The number of ketones is 1. The first-order valence-corrected chi connectivity index (χ1v) is 18.8. The molecule has 0 spiro atoms. The number of carbonyl (C=O) groups excluding carboxylic acids is 3. The molecule has 268 valence electrons. The Balaban J connectivity index is 1.59. The number of hydrogen-bond donors (Lipinski definition) is 7. The fourth-order valence-corrected chi connectivity index (χ4v) is 7.21. The molecule has 0 aliphatic carbocycles. The lowest BCUT2D eigenvalue weighted by molar-refractivity contribution is -0.128. The molecule has 3 rings (SSSR count). The highest BCUT2D eigenvalue weighted by Gasteiger charge is 2.60. The van der Waals surface area contributed by atoms with Gasteiger partial charge in [0.2, 0.25) is 18.0 Å². The van der Waals surface area contributed by atoms with Crippen LogP contribution in [0.4, 0.5) is 0 Å². The van der Waals surface area contributed by atoms with Crippen LogP contribution >= 0.6 is 15.2 Å². The SMILES string of the molecule is CC(C)C[C@@H](NC(=O)[C@H](CC(=O)C1=N[C+]=CN=C1)Cc1ccccc1)B1OCCN(CCNC(=O)CC(O)(P(=O)(O)O)P(=O)(O)O)CCO1. The Labute approximate surface area is 284 Å². The number of benzene rings is 1. The fourth-order valence-electron chi connectivity index (χ4n) is 5.15. The summed E-state index contributed by atoms with van der Waals surface area (Å²) in [6, 6.07) is 9.35. The van der Waals surface area contributed by atoms with E-state index in [4.69, 9.17) is 9.31 Å². The summed E-state index contributed by atoms with van der Waals surface area (Å²) in [5, 5.41) is 11.5. The van der Waals surface area contributed by atoms with Crippen molar-refractivity contribution in [3.05, 3.63) is 48.3 Å². The van der Waals surface area contributed by atoms with Crippen LogP contribution in [-0.4, -0.2) is 117 Å². The summed E-state index contributed by atoms with van der Waals surface area (Å²) in [6.45, 7) is 5.25. The third-order valence-corrected chi connectivity index (χ3v) is 11.5. The molecule has 2 heterocycles. The summed E-state index contributed by atoms with van der Waals surface area (Å²) in [5.74, 6) is -2.95. The first-order chi connectivity index (χ1) is 23.0. The smallest absolute Gasteiger partial charge is 0.408 e. The number of Topliss-reactive ketones (excluding diaryl/α,β-unsaturated/α-hetero) is 1. The molecule has 2 amide bonds. The molecule has 20 heteroatoms. The van der Waals surface area contributed by atoms with E-state index < -0.39 is 51.6 Å². The van der Waals surface area contributed by atoms with Crippen LogP contribution in [0, 0.1) is 18.0 Å². The van der Waals surface area contributed by atoms with Gasteiger partial charge in [0.1, 0.15) is 6.21 Å². The molecule has 0 saturated carbocycles. The van der Waals surface area contributed by atoms with Gasteiger partial charge in [0, 0.05) is 50.8 Å². The number of nitrogens with zero attached hydrogens (tertiary/aromatic N) is 3. The van der Waals surface area contributed by atoms with Gasteiger partial charge in [0.25, 0.3) is 16.6 Å². The zero-order valence-electron chi connectivity index (χ0n) is 27.3. The van der Waals surface area contributed by atoms with Crippen LogP contribution in [-0.2, 0) is 39.2 Å². The quantitative estimate of drug-likeness (QED) is 0.0636. The van der Waals surface area contributed by atoms with Crippen molar-refractivity contribution in [3.63, 3.8) is 0 Å². The minimum absolute atomic E-state index is 0.0686. The molecular weight excluding hydrogens is 683 g/mol. The second-order valence-corrected chi connectivity index (χ2v) is 16.1. The summed E-state index contributed by atoms with van der Waals surface area (Å²) in [4.78, 5) is 85.7. The molecule has 2 aliphatic heterocycles. The monoisotopic (exact) mass is 726 g/mol. The molecule has 1 fully saturated rings. The molecule has 0 unspecified atom stereocenters. The minimum Gasteiger partial charge on any atom is -0.408 e. The predicted octanol–water partition coefficient (Wildman–Crippen LogP) is 0.0192. The van der Waals surface area contributed by atoms with Gasteiger partial charge in [-0.2, -0.15) is 0 Å². The summed E-state index contributed by atoms with van der Waals surface area (Å²) in [7, 11) is -12.3. The Morgan fingerprint density at radius 2 is 1.69 bits per heavy atom. The van der Waals surface area contributed by atoms with Gasteiger partial charge in [-0.15, -0.1) is 0 Å². The molecule has 17 nitrogen and oxygen atoms in total. The van der Waals surface area contributed by atoms with Gasteiger partial charge < -0.3 is 44.6 Å². The molecule has 0 radical (unpaired) electrons.